The van der Waals surface area contributed by atoms with E-state index in [1.54, 1.807) is 6.92 Å². The summed E-state index contributed by atoms with van der Waals surface area (Å²) in [5, 5.41) is 5.83. The van der Waals surface area contributed by atoms with Crippen LogP contribution in [0.4, 0.5) is 4.20 Å². The number of likely N-dealkylation sites (N-methyl/N-ethyl adjacent to an activating group) is 1. The summed E-state index contributed by atoms with van der Waals surface area (Å²) in [6.07, 6.45) is 7.24. The molecule has 0 radical (unpaired) electrons. The maximum atomic E-state index is 13.2. The van der Waals surface area contributed by atoms with E-state index in [9.17, 15) is 13.6 Å². The second-order valence-electron chi connectivity index (χ2n) is 5.41. The number of nitrogens with one attached hydrogen (secondary N) is 2. The molecule has 1 amide bonds. The Morgan fingerprint density at radius 3 is 2.23 bits per heavy atom. The van der Waals surface area contributed by atoms with E-state index < -0.39 is 7.68 Å². The quantitative estimate of drug-likeness (QED) is 0.353. The van der Waals surface area contributed by atoms with Crippen molar-refractivity contribution in [2.45, 2.75) is 58.3 Å². The minimum absolute atomic E-state index is 0.0353. The zero-order valence-corrected chi connectivity index (χ0v) is 14.9. The lowest BCUT2D eigenvalue weighted by atomic mass is 10.1. The lowest BCUT2D eigenvalue weighted by Gasteiger charge is -2.07. The Morgan fingerprint density at radius 1 is 1.05 bits per heavy atom. The third-order valence-corrected chi connectivity index (χ3v) is 4.84. The highest BCUT2D eigenvalue weighted by Gasteiger charge is 2.19. The zero-order valence-electron chi connectivity index (χ0n) is 14.0. The van der Waals surface area contributed by atoms with Crippen LogP contribution in [0.5, 0.6) is 0 Å². The molecule has 0 aromatic carbocycles. The summed E-state index contributed by atoms with van der Waals surface area (Å²) >= 11 is 0. The molecule has 0 fully saturated rings. The first-order valence-electron chi connectivity index (χ1n) is 8.36. The Morgan fingerprint density at radius 2 is 1.64 bits per heavy atom. The monoisotopic (exact) mass is 338 g/mol. The van der Waals surface area contributed by atoms with Crippen molar-refractivity contribution in [2.75, 3.05) is 32.9 Å². The molecule has 0 aromatic heterocycles. The van der Waals surface area contributed by atoms with Gasteiger partial charge in [-0.25, -0.2) is 0 Å². The SMILES string of the molecule is CCOP(=O)(F)CCCCCCCCCC(=O)NCCNC. The molecule has 22 heavy (non-hydrogen) atoms. The first-order valence-corrected chi connectivity index (χ1v) is 10.1. The van der Waals surface area contributed by atoms with Crippen LogP contribution in [0.1, 0.15) is 58.3 Å². The van der Waals surface area contributed by atoms with E-state index in [1.165, 1.54) is 0 Å². The van der Waals surface area contributed by atoms with Gasteiger partial charge in [-0.05, 0) is 26.8 Å². The molecule has 1 unspecified atom stereocenters. The van der Waals surface area contributed by atoms with E-state index >= 15 is 0 Å². The normalized spacial score (nSPS) is 13.8. The second-order valence-corrected chi connectivity index (χ2v) is 7.30. The Labute approximate surface area is 134 Å². The fourth-order valence-corrected chi connectivity index (χ4v) is 3.26. The number of hydrogen-bond donors (Lipinski definition) is 2. The summed E-state index contributed by atoms with van der Waals surface area (Å²) in [4.78, 5) is 11.4. The van der Waals surface area contributed by atoms with Crippen LogP contribution in [0.15, 0.2) is 0 Å². The van der Waals surface area contributed by atoms with Gasteiger partial charge in [0.15, 0.2) is 0 Å². The molecule has 0 rings (SSSR count). The maximum Gasteiger partial charge on any atom is 0.367 e. The van der Waals surface area contributed by atoms with Crippen molar-refractivity contribution < 1.29 is 18.1 Å². The molecule has 5 nitrogen and oxygen atoms in total. The van der Waals surface area contributed by atoms with E-state index in [1.807, 2.05) is 7.05 Å². The standard InChI is InChI=1S/C15H32FN2O3P/c1-3-21-22(16,20)14-10-8-6-4-5-7-9-11-15(19)18-13-12-17-2/h17H,3-14H2,1-2H3,(H,18,19). The molecule has 0 aliphatic carbocycles. The summed E-state index contributed by atoms with van der Waals surface area (Å²) in [5.74, 6) is 0.116. The van der Waals surface area contributed by atoms with Gasteiger partial charge in [0, 0.05) is 19.5 Å². The molecule has 132 valence electrons. The van der Waals surface area contributed by atoms with Crippen LogP contribution in [0, 0.1) is 0 Å². The van der Waals surface area contributed by atoms with Gasteiger partial charge < -0.3 is 15.2 Å². The molecule has 1 atom stereocenters. The largest absolute Gasteiger partial charge is 0.367 e. The lowest BCUT2D eigenvalue weighted by Crippen LogP contribution is -2.30. The van der Waals surface area contributed by atoms with Gasteiger partial charge >= 0.3 is 7.68 Å². The number of amides is 1. The smallest absolute Gasteiger partial charge is 0.355 e. The van der Waals surface area contributed by atoms with Gasteiger partial charge in [-0.2, -0.15) is 4.20 Å². The Hall–Kier alpha value is -0.450. The maximum absolute atomic E-state index is 13.2. The minimum atomic E-state index is -3.83. The number of unbranched alkanes of at least 4 members (excludes halogenated alkanes) is 6. The van der Waals surface area contributed by atoms with E-state index in [0.29, 0.717) is 19.4 Å². The van der Waals surface area contributed by atoms with Crippen molar-refractivity contribution in [2.24, 2.45) is 0 Å². The molecular formula is C15H32FN2O3P. The van der Waals surface area contributed by atoms with Crippen LogP contribution in [-0.2, 0) is 13.9 Å². The third kappa shape index (κ3) is 14.5. The average Bonchev–Trinajstić information content (AvgIpc) is 2.45. The number of hydrogen-bond acceptors (Lipinski definition) is 4. The zero-order chi connectivity index (χ0) is 16.7. The molecule has 0 saturated heterocycles. The molecular weight excluding hydrogens is 306 g/mol. The minimum Gasteiger partial charge on any atom is -0.355 e. The summed E-state index contributed by atoms with van der Waals surface area (Å²) < 4.78 is 29.1. The number of carbonyl (C=O) groups is 1. The Kier molecular flexibility index (Phi) is 13.9. The molecule has 0 aliphatic rings. The number of carbonyl (C=O) groups excluding carboxylic acids is 1. The van der Waals surface area contributed by atoms with Crippen LogP contribution in [0.25, 0.3) is 0 Å². The molecule has 0 saturated carbocycles. The van der Waals surface area contributed by atoms with Crippen molar-refractivity contribution in [1.82, 2.24) is 10.6 Å². The van der Waals surface area contributed by atoms with Gasteiger partial charge in [0.25, 0.3) is 0 Å². The third-order valence-electron chi connectivity index (χ3n) is 3.35. The first-order chi connectivity index (χ1) is 10.5. The summed E-state index contributed by atoms with van der Waals surface area (Å²) in [6.45, 7) is 3.28. The van der Waals surface area contributed by atoms with Gasteiger partial charge in [0.1, 0.15) is 0 Å². The van der Waals surface area contributed by atoms with Crippen LogP contribution < -0.4 is 10.6 Å². The number of rotatable bonds is 15. The Bertz CT molecular complexity index is 330. The fraction of sp³-hybridized carbons (Fsp3) is 0.933. The predicted molar refractivity (Wildman–Crippen MR) is 89.1 cm³/mol. The van der Waals surface area contributed by atoms with Gasteiger partial charge in [0.2, 0.25) is 5.91 Å². The van der Waals surface area contributed by atoms with Crippen molar-refractivity contribution in [3.8, 4) is 0 Å². The second kappa shape index (κ2) is 14.2. The molecule has 0 heterocycles. The lowest BCUT2D eigenvalue weighted by molar-refractivity contribution is -0.121. The van der Waals surface area contributed by atoms with E-state index in [-0.39, 0.29) is 18.7 Å². The van der Waals surface area contributed by atoms with Crippen molar-refractivity contribution >= 4 is 13.6 Å². The van der Waals surface area contributed by atoms with Crippen LogP contribution in [0.3, 0.4) is 0 Å². The van der Waals surface area contributed by atoms with Crippen LogP contribution in [-0.4, -0.2) is 38.8 Å². The molecule has 0 bridgehead atoms. The van der Waals surface area contributed by atoms with Gasteiger partial charge in [-0.1, -0.05) is 32.1 Å². The summed E-state index contributed by atoms with van der Waals surface area (Å²) in [7, 11) is -1.97. The van der Waals surface area contributed by atoms with Gasteiger partial charge in [-0.15, -0.1) is 0 Å². The molecule has 0 spiro atoms. The van der Waals surface area contributed by atoms with Crippen molar-refractivity contribution in [1.29, 1.82) is 0 Å². The van der Waals surface area contributed by atoms with Gasteiger partial charge in [-0.3, -0.25) is 9.36 Å². The van der Waals surface area contributed by atoms with E-state index in [4.69, 9.17) is 0 Å². The van der Waals surface area contributed by atoms with Crippen molar-refractivity contribution in [3.63, 3.8) is 0 Å². The summed E-state index contributed by atoms with van der Waals surface area (Å²) in [5.41, 5.74) is 0. The topological polar surface area (TPSA) is 67.4 Å². The molecule has 7 heteroatoms. The van der Waals surface area contributed by atoms with E-state index in [2.05, 4.69) is 15.2 Å². The number of halogens is 1. The van der Waals surface area contributed by atoms with Crippen LogP contribution in [0.2, 0.25) is 0 Å². The van der Waals surface area contributed by atoms with Gasteiger partial charge in [0.05, 0.1) is 12.8 Å². The predicted octanol–water partition coefficient (Wildman–Crippen LogP) is 3.64. The molecule has 0 aromatic rings. The summed E-state index contributed by atoms with van der Waals surface area (Å²) in [6, 6.07) is 0. The van der Waals surface area contributed by atoms with E-state index in [0.717, 1.165) is 45.1 Å². The molecule has 2 N–H and O–H groups in total. The molecule has 0 aliphatic heterocycles. The van der Waals surface area contributed by atoms with Crippen LogP contribution >= 0.6 is 7.68 Å². The highest BCUT2D eigenvalue weighted by atomic mass is 31.2. The van der Waals surface area contributed by atoms with Crippen molar-refractivity contribution in [3.05, 3.63) is 0 Å². The Balaban J connectivity index is 3.30. The highest BCUT2D eigenvalue weighted by molar-refractivity contribution is 7.53. The highest BCUT2D eigenvalue weighted by Crippen LogP contribution is 2.49. The first kappa shape index (κ1) is 21.6. The fourth-order valence-electron chi connectivity index (χ4n) is 2.14. The average molecular weight is 338 g/mol.